The minimum atomic E-state index is -2.42. The lowest BCUT2D eigenvalue weighted by Crippen LogP contribution is -2.62. The van der Waals surface area contributed by atoms with Crippen LogP contribution in [0.15, 0.2) is 0 Å². The zero-order valence-electron chi connectivity index (χ0n) is 21.8. The van der Waals surface area contributed by atoms with E-state index in [-0.39, 0.29) is 48.9 Å². The molecule has 0 spiro atoms. The van der Waals surface area contributed by atoms with E-state index in [0.717, 1.165) is 12.8 Å². The van der Waals surface area contributed by atoms with Crippen molar-refractivity contribution in [2.45, 2.75) is 96.8 Å². The average molecular weight is 413 g/mol. The van der Waals surface area contributed by atoms with Crippen LogP contribution in [0.4, 0.5) is 0 Å². The molecule has 4 rings (SSSR count). The molecule has 0 aromatic carbocycles. The topological polar surface area (TPSA) is 98.0 Å². The Morgan fingerprint density at radius 2 is 1.86 bits per heavy atom. The van der Waals surface area contributed by atoms with Crippen molar-refractivity contribution in [3.63, 3.8) is 0 Å². The lowest BCUT2D eigenvalue weighted by molar-refractivity contribution is -0.207. The maximum Gasteiger partial charge on any atom is 0.303 e. The number of hydrogen-bond donors (Lipinski definition) is 4. The van der Waals surface area contributed by atoms with Gasteiger partial charge in [0.25, 0.3) is 0 Å². The van der Waals surface area contributed by atoms with Gasteiger partial charge in [0, 0.05) is 11.9 Å². The fraction of sp³-hybridized carbons (Fsp3) is 0.958. The van der Waals surface area contributed by atoms with Gasteiger partial charge in [-0.1, -0.05) is 20.8 Å². The first-order valence-corrected chi connectivity index (χ1v) is 11.4. The fourth-order valence-corrected chi connectivity index (χ4v) is 8.02. The Hall–Kier alpha value is -0.650. The van der Waals surface area contributed by atoms with Crippen molar-refractivity contribution in [3.8, 4) is 0 Å². The molecule has 11 atom stereocenters. The van der Waals surface area contributed by atoms with Crippen molar-refractivity contribution < 1.29 is 30.7 Å². The molecular weight excluding hydrogens is 368 g/mol. The van der Waals surface area contributed by atoms with E-state index in [1.807, 2.05) is 6.92 Å². The van der Waals surface area contributed by atoms with Crippen molar-refractivity contribution >= 4 is 5.97 Å². The predicted octanol–water partition coefficient (Wildman–Crippen LogP) is 3.45. The van der Waals surface area contributed by atoms with Crippen LogP contribution in [0.25, 0.3) is 0 Å². The second-order valence-corrected chi connectivity index (χ2v) is 10.8. The second kappa shape index (κ2) is 7.49. The molecule has 4 aliphatic carbocycles. The summed E-state index contributed by atoms with van der Waals surface area (Å²) in [6.45, 7) is 5.89. The Morgan fingerprint density at radius 1 is 1.14 bits per heavy atom. The predicted molar refractivity (Wildman–Crippen MR) is 110 cm³/mol. The molecule has 4 N–H and O–H groups in total. The SMILES string of the molecule is [2H]C1([2H])[C@@H](O)C[C@H]2C[C@@H](O)[C@H]3[C@@H]4CC[C@H]([C@H](C)CCC(=O)O)[C@@]4(C)[C@@H](O)C[C@@H]3[C@@]2(C)C1([2H])[2H]. The zero-order chi connectivity index (χ0) is 24.7. The highest BCUT2D eigenvalue weighted by atomic mass is 16.4. The molecule has 5 nitrogen and oxygen atoms in total. The van der Waals surface area contributed by atoms with Gasteiger partial charge in [0.15, 0.2) is 0 Å². The molecule has 5 heteroatoms. The third-order valence-electron chi connectivity index (χ3n) is 9.62. The minimum Gasteiger partial charge on any atom is -0.481 e. The van der Waals surface area contributed by atoms with Gasteiger partial charge in [-0.15, -0.1) is 0 Å². The van der Waals surface area contributed by atoms with Crippen LogP contribution in [-0.4, -0.2) is 44.7 Å². The Balaban J connectivity index is 1.71. The zero-order valence-corrected chi connectivity index (χ0v) is 17.8. The lowest BCUT2D eigenvalue weighted by atomic mass is 9.43. The van der Waals surface area contributed by atoms with E-state index in [2.05, 4.69) is 6.92 Å². The quantitative estimate of drug-likeness (QED) is 0.567. The number of rotatable bonds is 4. The minimum absolute atomic E-state index is 0.0372. The first-order chi connectivity index (χ1) is 15.1. The average Bonchev–Trinajstić information content (AvgIpc) is 3.07. The molecule has 29 heavy (non-hydrogen) atoms. The summed E-state index contributed by atoms with van der Waals surface area (Å²) in [6, 6.07) is 0. The summed E-state index contributed by atoms with van der Waals surface area (Å²) < 4.78 is 34.6. The molecule has 4 fully saturated rings. The van der Waals surface area contributed by atoms with E-state index in [1.54, 1.807) is 6.92 Å². The maximum atomic E-state index is 11.6. The summed E-state index contributed by atoms with van der Waals surface area (Å²) in [6.07, 6.45) is -4.63. The monoisotopic (exact) mass is 412 g/mol. The molecule has 0 bridgehead atoms. The van der Waals surface area contributed by atoms with Crippen molar-refractivity contribution in [1.29, 1.82) is 0 Å². The smallest absolute Gasteiger partial charge is 0.303 e. The molecule has 0 aromatic heterocycles. The first kappa shape index (κ1) is 17.0. The highest BCUT2D eigenvalue weighted by Gasteiger charge is 2.65. The van der Waals surface area contributed by atoms with Crippen LogP contribution in [0, 0.1) is 46.3 Å². The normalized spacial score (nSPS) is 58.4. The highest BCUT2D eigenvalue weighted by molar-refractivity contribution is 5.66. The van der Waals surface area contributed by atoms with Crippen molar-refractivity contribution in [3.05, 3.63) is 0 Å². The maximum absolute atomic E-state index is 11.6. The van der Waals surface area contributed by atoms with E-state index < -0.39 is 53.8 Å². The van der Waals surface area contributed by atoms with Gasteiger partial charge in [0.1, 0.15) is 0 Å². The molecule has 0 aromatic rings. The van der Waals surface area contributed by atoms with Gasteiger partial charge < -0.3 is 20.4 Å². The number of hydrogen-bond acceptors (Lipinski definition) is 4. The summed E-state index contributed by atoms with van der Waals surface area (Å²) in [5, 5.41) is 42.5. The van der Waals surface area contributed by atoms with Gasteiger partial charge >= 0.3 is 5.97 Å². The van der Waals surface area contributed by atoms with Gasteiger partial charge in [-0.3, -0.25) is 4.79 Å². The van der Waals surface area contributed by atoms with Gasteiger partial charge in [0.2, 0.25) is 0 Å². The van der Waals surface area contributed by atoms with Gasteiger partial charge in [-0.2, -0.15) is 0 Å². The van der Waals surface area contributed by atoms with Crippen LogP contribution >= 0.6 is 0 Å². The lowest BCUT2D eigenvalue weighted by Gasteiger charge is -2.63. The molecule has 0 heterocycles. The first-order valence-electron chi connectivity index (χ1n) is 13.4. The number of aliphatic hydroxyl groups excluding tert-OH is 3. The summed E-state index contributed by atoms with van der Waals surface area (Å²) in [4.78, 5) is 11.1. The van der Waals surface area contributed by atoms with Crippen LogP contribution in [0.1, 0.15) is 83.9 Å². The third kappa shape index (κ3) is 3.27. The molecule has 0 saturated heterocycles. The van der Waals surface area contributed by atoms with Crippen LogP contribution in [0.3, 0.4) is 0 Å². The van der Waals surface area contributed by atoms with Crippen LogP contribution in [-0.2, 0) is 4.79 Å². The summed E-state index contributed by atoms with van der Waals surface area (Å²) >= 11 is 0. The highest BCUT2D eigenvalue weighted by Crippen LogP contribution is 2.68. The molecule has 4 saturated carbocycles. The molecule has 0 radical (unpaired) electrons. The summed E-state index contributed by atoms with van der Waals surface area (Å²) in [5.74, 6) is -1.66. The number of carbonyl (C=O) groups is 1. The van der Waals surface area contributed by atoms with Gasteiger partial charge in [-0.25, -0.2) is 0 Å². The number of aliphatic hydroxyl groups is 3. The van der Waals surface area contributed by atoms with Gasteiger partial charge in [-0.05, 0) is 97.6 Å². The van der Waals surface area contributed by atoms with E-state index in [1.165, 1.54) is 0 Å². The van der Waals surface area contributed by atoms with E-state index in [0.29, 0.717) is 12.8 Å². The fourth-order valence-electron chi connectivity index (χ4n) is 8.02. The van der Waals surface area contributed by atoms with Crippen LogP contribution in [0.2, 0.25) is 0 Å². The summed E-state index contributed by atoms with van der Waals surface area (Å²) in [7, 11) is 0. The van der Waals surface area contributed by atoms with Crippen LogP contribution < -0.4 is 0 Å². The van der Waals surface area contributed by atoms with E-state index in [9.17, 15) is 20.1 Å². The Labute approximate surface area is 180 Å². The number of fused-ring (bicyclic) bond motifs is 5. The third-order valence-corrected chi connectivity index (χ3v) is 9.62. The van der Waals surface area contributed by atoms with E-state index in [4.69, 9.17) is 10.6 Å². The van der Waals surface area contributed by atoms with Crippen molar-refractivity contribution in [1.82, 2.24) is 0 Å². The Morgan fingerprint density at radius 3 is 2.55 bits per heavy atom. The number of carboxylic acid groups (broad SMARTS) is 1. The molecule has 0 unspecified atom stereocenters. The Bertz CT molecular complexity index is 793. The standard InChI is InChI=1S/C24H40O5/c1-13(4-7-21(28)29)16-5-6-17-22-18(12-20(27)24(16,17)3)23(2)9-8-15(25)10-14(23)11-19(22)26/h13-20,22,25-27H,4-12H2,1-3H3,(H,28,29)/t13-,14+,15-,16-,17+,18+,19-,20+,22+,23+,24-/m1/s1/i8D2,9D2. The van der Waals surface area contributed by atoms with Crippen molar-refractivity contribution in [2.24, 2.45) is 46.3 Å². The van der Waals surface area contributed by atoms with Gasteiger partial charge in [0.05, 0.1) is 18.3 Å². The largest absolute Gasteiger partial charge is 0.481 e. The van der Waals surface area contributed by atoms with Crippen molar-refractivity contribution in [2.75, 3.05) is 0 Å². The van der Waals surface area contributed by atoms with E-state index >= 15 is 0 Å². The molecular formula is C24H40O5. The summed E-state index contributed by atoms with van der Waals surface area (Å²) in [5.41, 5.74) is -1.61. The van der Waals surface area contributed by atoms with Crippen LogP contribution in [0.5, 0.6) is 0 Å². The Kier molecular flexibility index (Phi) is 4.38. The number of aliphatic carboxylic acids is 1. The molecule has 0 aliphatic heterocycles. The molecule has 166 valence electrons. The molecule has 0 amide bonds. The number of carboxylic acids is 1. The second-order valence-electron chi connectivity index (χ2n) is 10.8. The molecule has 4 aliphatic rings.